The van der Waals surface area contributed by atoms with E-state index in [-0.39, 0.29) is 17.9 Å². The number of anilines is 1. The van der Waals surface area contributed by atoms with Gasteiger partial charge in [-0.05, 0) is 0 Å². The molecule has 0 aromatic carbocycles. The molecule has 0 saturated heterocycles. The molecule has 0 amide bonds. The Kier molecular flexibility index (Phi) is 3.50. The van der Waals surface area contributed by atoms with Crippen LogP contribution in [-0.4, -0.2) is 35.8 Å². The lowest BCUT2D eigenvalue weighted by atomic mass is 10.3. The zero-order valence-electron chi connectivity index (χ0n) is 8.76. The second kappa shape index (κ2) is 4.49. The fraction of sp³-hybridized carbons (Fsp3) is 0.429. The predicted octanol–water partition coefficient (Wildman–Crippen LogP) is -0.615. The topological polar surface area (TPSA) is 113 Å². The van der Waals surface area contributed by atoms with Gasteiger partial charge in [0, 0.05) is 13.6 Å². The molecule has 1 rings (SSSR count). The molecule has 0 saturated carbocycles. The quantitative estimate of drug-likeness (QED) is 0.643. The van der Waals surface area contributed by atoms with Gasteiger partial charge in [0.2, 0.25) is 0 Å². The van der Waals surface area contributed by atoms with Gasteiger partial charge in [-0.1, -0.05) is 6.92 Å². The molecule has 0 aliphatic rings. The molecule has 16 heavy (non-hydrogen) atoms. The molecule has 1 aromatic heterocycles. The number of carbonyl (C=O) groups is 1. The zero-order chi connectivity index (χ0) is 12.3. The fourth-order valence-corrected chi connectivity index (χ4v) is 2.02. The Hall–Kier alpha value is -1.61. The van der Waals surface area contributed by atoms with E-state index in [1.165, 1.54) is 7.05 Å². The molecule has 0 radical (unpaired) electrons. The van der Waals surface area contributed by atoms with Crippen LogP contribution in [0.15, 0.2) is 6.20 Å². The Labute approximate surface area is 92.5 Å². The minimum atomic E-state index is -3.76. The van der Waals surface area contributed by atoms with Gasteiger partial charge >= 0.3 is 5.97 Å². The van der Waals surface area contributed by atoms with Crippen molar-refractivity contribution in [2.45, 2.75) is 6.92 Å². The summed E-state index contributed by atoms with van der Waals surface area (Å²) in [6.07, 6.45) is 1.08. The molecule has 0 bridgehead atoms. The molecule has 3 N–H and O–H groups in total. The van der Waals surface area contributed by atoms with Crippen molar-refractivity contribution in [3.63, 3.8) is 0 Å². The van der Waals surface area contributed by atoms with Crippen LogP contribution in [0.1, 0.15) is 17.3 Å². The number of nitrogens with zero attached hydrogens (tertiary/aromatic N) is 2. The fourth-order valence-electron chi connectivity index (χ4n) is 1.07. The van der Waals surface area contributed by atoms with Crippen LogP contribution in [0.5, 0.6) is 0 Å². The van der Waals surface area contributed by atoms with Crippen LogP contribution in [0, 0.1) is 0 Å². The molecule has 1 heterocycles. The maximum absolute atomic E-state index is 11.4. The van der Waals surface area contributed by atoms with Gasteiger partial charge in [0.05, 0.1) is 6.20 Å². The molecular weight excluding hydrogens is 236 g/mol. The SMILES string of the molecule is CCNS(=O)(=O)Nc1c(C(=O)O)cnn1C. The van der Waals surface area contributed by atoms with Crippen molar-refractivity contribution in [1.82, 2.24) is 14.5 Å². The highest BCUT2D eigenvalue weighted by Crippen LogP contribution is 2.14. The summed E-state index contributed by atoms with van der Waals surface area (Å²) in [6, 6.07) is 0. The molecular formula is C7H12N4O4S. The average molecular weight is 248 g/mol. The lowest BCUT2D eigenvalue weighted by molar-refractivity contribution is 0.0698. The molecule has 0 aliphatic carbocycles. The highest BCUT2D eigenvalue weighted by atomic mass is 32.2. The maximum Gasteiger partial charge on any atom is 0.341 e. The Morgan fingerprint density at radius 3 is 2.75 bits per heavy atom. The summed E-state index contributed by atoms with van der Waals surface area (Å²) in [7, 11) is -2.32. The monoisotopic (exact) mass is 248 g/mol. The second-order valence-corrected chi connectivity index (χ2v) is 4.44. The summed E-state index contributed by atoms with van der Waals surface area (Å²) in [5, 5.41) is 12.5. The van der Waals surface area contributed by atoms with Crippen LogP contribution >= 0.6 is 0 Å². The largest absolute Gasteiger partial charge is 0.477 e. The summed E-state index contributed by atoms with van der Waals surface area (Å²) in [5.41, 5.74) is -0.205. The smallest absolute Gasteiger partial charge is 0.341 e. The third-order valence-electron chi connectivity index (χ3n) is 1.73. The number of aromatic carboxylic acids is 1. The lowest BCUT2D eigenvalue weighted by Crippen LogP contribution is -2.31. The van der Waals surface area contributed by atoms with Gasteiger partial charge in [-0.2, -0.15) is 18.2 Å². The van der Waals surface area contributed by atoms with Crippen molar-refractivity contribution < 1.29 is 18.3 Å². The first-order valence-corrected chi connectivity index (χ1v) is 5.88. The van der Waals surface area contributed by atoms with Crippen molar-refractivity contribution in [1.29, 1.82) is 0 Å². The second-order valence-electron chi connectivity index (χ2n) is 2.94. The Morgan fingerprint density at radius 1 is 1.62 bits per heavy atom. The van der Waals surface area contributed by atoms with E-state index in [2.05, 4.69) is 14.5 Å². The Morgan fingerprint density at radius 2 is 2.25 bits per heavy atom. The van der Waals surface area contributed by atoms with Crippen molar-refractivity contribution >= 4 is 22.0 Å². The molecule has 90 valence electrons. The standard InChI is InChI=1S/C7H12N4O4S/c1-3-9-16(14,15)10-6-5(7(12)13)4-8-11(6)2/h4,9-10H,3H2,1-2H3,(H,12,13). The lowest BCUT2D eigenvalue weighted by Gasteiger charge is -2.08. The first-order valence-electron chi connectivity index (χ1n) is 4.40. The molecule has 9 heteroatoms. The van der Waals surface area contributed by atoms with Gasteiger partial charge in [0.15, 0.2) is 5.82 Å². The number of carboxylic acid groups (broad SMARTS) is 1. The van der Waals surface area contributed by atoms with Gasteiger partial charge in [-0.3, -0.25) is 9.40 Å². The highest BCUT2D eigenvalue weighted by molar-refractivity contribution is 7.90. The van der Waals surface area contributed by atoms with E-state index in [0.717, 1.165) is 10.9 Å². The first-order chi connectivity index (χ1) is 7.37. The number of hydrogen-bond donors (Lipinski definition) is 3. The highest BCUT2D eigenvalue weighted by Gasteiger charge is 2.19. The van der Waals surface area contributed by atoms with Gasteiger partial charge in [0.25, 0.3) is 10.2 Å². The number of hydrogen-bond acceptors (Lipinski definition) is 4. The molecule has 0 aliphatic heterocycles. The normalized spacial score (nSPS) is 11.4. The van der Waals surface area contributed by atoms with E-state index < -0.39 is 16.2 Å². The average Bonchev–Trinajstić information content (AvgIpc) is 2.47. The van der Waals surface area contributed by atoms with Gasteiger partial charge in [0.1, 0.15) is 5.56 Å². The molecule has 8 nitrogen and oxygen atoms in total. The third-order valence-corrected chi connectivity index (χ3v) is 2.87. The van der Waals surface area contributed by atoms with Crippen molar-refractivity contribution in [2.24, 2.45) is 7.05 Å². The first kappa shape index (κ1) is 12.5. The predicted molar refractivity (Wildman–Crippen MR) is 56.4 cm³/mol. The molecule has 0 fully saturated rings. The van der Waals surface area contributed by atoms with Crippen molar-refractivity contribution in [3.8, 4) is 0 Å². The number of nitrogens with one attached hydrogen (secondary N) is 2. The summed E-state index contributed by atoms with van der Waals surface area (Å²) in [4.78, 5) is 10.8. The van der Waals surface area contributed by atoms with Gasteiger partial charge in [-0.25, -0.2) is 4.79 Å². The van der Waals surface area contributed by atoms with Gasteiger partial charge < -0.3 is 5.11 Å². The van der Waals surface area contributed by atoms with Crippen LogP contribution in [0.25, 0.3) is 0 Å². The number of aromatic nitrogens is 2. The Bertz CT molecular complexity index is 492. The van der Waals surface area contributed by atoms with Crippen LogP contribution in [0.4, 0.5) is 5.82 Å². The minimum Gasteiger partial charge on any atom is -0.477 e. The van der Waals surface area contributed by atoms with E-state index in [1.807, 2.05) is 0 Å². The summed E-state index contributed by atoms with van der Waals surface area (Å²) in [5.74, 6) is -1.34. The maximum atomic E-state index is 11.4. The summed E-state index contributed by atoms with van der Waals surface area (Å²) in [6.45, 7) is 1.82. The van der Waals surface area contributed by atoms with E-state index >= 15 is 0 Å². The van der Waals surface area contributed by atoms with Crippen LogP contribution < -0.4 is 9.44 Å². The summed E-state index contributed by atoms with van der Waals surface area (Å²) >= 11 is 0. The Balaban J connectivity index is 3.05. The zero-order valence-corrected chi connectivity index (χ0v) is 9.58. The molecule has 0 atom stereocenters. The van der Waals surface area contributed by atoms with Crippen LogP contribution in [0.2, 0.25) is 0 Å². The molecule has 0 spiro atoms. The summed E-state index contributed by atoms with van der Waals surface area (Å²) < 4.78 is 28.2. The van der Waals surface area contributed by atoms with Crippen molar-refractivity contribution in [2.75, 3.05) is 11.3 Å². The molecule has 0 unspecified atom stereocenters. The number of carboxylic acids is 1. The van der Waals surface area contributed by atoms with E-state index in [0.29, 0.717) is 0 Å². The van der Waals surface area contributed by atoms with Crippen LogP contribution in [0.3, 0.4) is 0 Å². The van der Waals surface area contributed by atoms with E-state index in [4.69, 9.17) is 5.11 Å². The van der Waals surface area contributed by atoms with Crippen LogP contribution in [-0.2, 0) is 17.3 Å². The van der Waals surface area contributed by atoms with E-state index in [9.17, 15) is 13.2 Å². The molecule has 1 aromatic rings. The van der Waals surface area contributed by atoms with Gasteiger partial charge in [-0.15, -0.1) is 0 Å². The number of rotatable bonds is 5. The minimum absolute atomic E-state index is 0.0894. The van der Waals surface area contributed by atoms with Crippen molar-refractivity contribution in [3.05, 3.63) is 11.8 Å². The number of aryl methyl sites for hydroxylation is 1. The van der Waals surface area contributed by atoms with E-state index in [1.54, 1.807) is 6.92 Å². The third kappa shape index (κ3) is 2.70.